The van der Waals surface area contributed by atoms with Gasteiger partial charge in [0.05, 0.1) is 37.8 Å². The van der Waals surface area contributed by atoms with E-state index in [9.17, 15) is 14.4 Å². The van der Waals surface area contributed by atoms with Crippen molar-refractivity contribution in [2.75, 3.05) is 59.2 Å². The van der Waals surface area contributed by atoms with E-state index in [0.717, 1.165) is 19.5 Å². The van der Waals surface area contributed by atoms with Gasteiger partial charge in [0.1, 0.15) is 11.6 Å². The Hall–Kier alpha value is -1.27. The summed E-state index contributed by atoms with van der Waals surface area (Å²) in [5, 5.41) is 12.1. The SMILES string of the molecule is CCOC(=O)[C@H]1[C@H]2C(=O)N(CCCCCO)C(C(=O)NCCN3CCOCC3)C23CC(Br)[C@@H]1O3. The maximum atomic E-state index is 13.7. The minimum absolute atomic E-state index is 0.0902. The molecule has 4 fully saturated rings. The van der Waals surface area contributed by atoms with E-state index in [1.165, 1.54) is 0 Å². The van der Waals surface area contributed by atoms with Crippen molar-refractivity contribution in [2.45, 2.75) is 55.2 Å². The van der Waals surface area contributed by atoms with Crippen LogP contribution in [0, 0.1) is 11.8 Å². The second-order valence-electron chi connectivity index (χ2n) is 9.48. The number of esters is 1. The number of fused-ring (bicyclic) bond motifs is 1. The summed E-state index contributed by atoms with van der Waals surface area (Å²) in [5.41, 5.74) is -1.05. The normalized spacial score (nSPS) is 35.0. The van der Waals surface area contributed by atoms with Crippen LogP contribution in [0.4, 0.5) is 0 Å². The number of aliphatic hydroxyl groups is 1. The first-order valence-electron chi connectivity index (χ1n) is 12.4. The highest BCUT2D eigenvalue weighted by molar-refractivity contribution is 9.09. The average Bonchev–Trinajstić information content (AvgIpc) is 3.41. The maximum absolute atomic E-state index is 13.7. The molecule has 10 nitrogen and oxygen atoms in total. The van der Waals surface area contributed by atoms with Gasteiger partial charge >= 0.3 is 5.97 Å². The molecule has 11 heteroatoms. The van der Waals surface area contributed by atoms with Crippen molar-refractivity contribution < 1.29 is 33.7 Å². The van der Waals surface area contributed by atoms with E-state index in [0.29, 0.717) is 52.1 Å². The van der Waals surface area contributed by atoms with Crippen LogP contribution < -0.4 is 5.32 Å². The van der Waals surface area contributed by atoms with Crippen LogP contribution in [0.3, 0.4) is 0 Å². The Bertz CT molecular complexity index is 765. The predicted molar refractivity (Wildman–Crippen MR) is 125 cm³/mol. The summed E-state index contributed by atoms with van der Waals surface area (Å²) < 4.78 is 17.1. The highest BCUT2D eigenvalue weighted by Gasteiger charge is 2.76. The fourth-order valence-electron chi connectivity index (χ4n) is 6.01. The lowest BCUT2D eigenvalue weighted by Crippen LogP contribution is -2.56. The Labute approximate surface area is 208 Å². The lowest BCUT2D eigenvalue weighted by molar-refractivity contribution is -0.154. The maximum Gasteiger partial charge on any atom is 0.312 e. The molecule has 0 aromatic rings. The molecule has 6 atom stereocenters. The largest absolute Gasteiger partial charge is 0.466 e. The smallest absolute Gasteiger partial charge is 0.312 e. The van der Waals surface area contributed by atoms with Gasteiger partial charge in [-0.15, -0.1) is 0 Å². The monoisotopic (exact) mass is 545 g/mol. The average molecular weight is 546 g/mol. The van der Waals surface area contributed by atoms with E-state index in [1.54, 1.807) is 11.8 Å². The summed E-state index contributed by atoms with van der Waals surface area (Å²) in [6, 6.07) is -0.798. The lowest BCUT2D eigenvalue weighted by Gasteiger charge is -2.34. The molecule has 4 heterocycles. The van der Waals surface area contributed by atoms with Gasteiger partial charge in [0.15, 0.2) is 0 Å². The van der Waals surface area contributed by atoms with E-state index >= 15 is 0 Å². The minimum Gasteiger partial charge on any atom is -0.466 e. The van der Waals surface area contributed by atoms with Gasteiger partial charge < -0.3 is 29.5 Å². The lowest BCUT2D eigenvalue weighted by atomic mass is 9.70. The molecule has 2 bridgehead atoms. The second-order valence-corrected chi connectivity index (χ2v) is 10.7. The predicted octanol–water partition coefficient (Wildman–Crippen LogP) is -0.0915. The first kappa shape index (κ1) is 25.8. The number of carbonyl (C=O) groups is 3. The summed E-state index contributed by atoms with van der Waals surface area (Å²) in [4.78, 5) is 43.8. The summed E-state index contributed by atoms with van der Waals surface area (Å²) in [7, 11) is 0. The number of carbonyl (C=O) groups excluding carboxylic acids is 3. The zero-order valence-corrected chi connectivity index (χ0v) is 21.3. The molecule has 0 saturated carbocycles. The molecule has 4 aliphatic heterocycles. The number of hydrogen-bond acceptors (Lipinski definition) is 8. The van der Waals surface area contributed by atoms with Crippen LogP contribution in [0.5, 0.6) is 0 Å². The van der Waals surface area contributed by atoms with Crippen molar-refractivity contribution in [3.8, 4) is 0 Å². The van der Waals surface area contributed by atoms with E-state index < -0.39 is 35.6 Å². The molecule has 4 rings (SSSR count). The Morgan fingerprint density at radius 2 is 2.00 bits per heavy atom. The Balaban J connectivity index is 1.53. The molecule has 34 heavy (non-hydrogen) atoms. The van der Waals surface area contributed by atoms with Crippen LogP contribution in [0.1, 0.15) is 32.6 Å². The van der Waals surface area contributed by atoms with Crippen molar-refractivity contribution >= 4 is 33.7 Å². The van der Waals surface area contributed by atoms with Crippen LogP contribution in [-0.4, -0.2) is 114 Å². The summed E-state index contributed by atoms with van der Waals surface area (Å²) in [6.07, 6.45) is 2.04. The molecule has 2 amide bonds. The molecule has 4 saturated heterocycles. The summed E-state index contributed by atoms with van der Waals surface area (Å²) in [6.45, 7) is 6.65. The van der Waals surface area contributed by atoms with Gasteiger partial charge in [-0.2, -0.15) is 0 Å². The fraction of sp³-hybridized carbons (Fsp3) is 0.870. The Kier molecular flexibility index (Phi) is 8.50. The third-order valence-corrected chi connectivity index (χ3v) is 8.33. The number of alkyl halides is 1. The number of aliphatic hydroxyl groups excluding tert-OH is 1. The third kappa shape index (κ3) is 4.74. The Morgan fingerprint density at radius 3 is 2.71 bits per heavy atom. The summed E-state index contributed by atoms with van der Waals surface area (Å²) >= 11 is 3.64. The molecule has 0 aromatic heterocycles. The molecule has 1 spiro atoms. The van der Waals surface area contributed by atoms with Crippen LogP contribution in [0.25, 0.3) is 0 Å². The highest BCUT2D eigenvalue weighted by Crippen LogP contribution is 2.60. The number of likely N-dealkylation sites (tertiary alicyclic amines) is 1. The molecular weight excluding hydrogens is 510 g/mol. The highest BCUT2D eigenvalue weighted by atomic mass is 79.9. The number of nitrogens with zero attached hydrogens (tertiary/aromatic N) is 2. The quantitative estimate of drug-likeness (QED) is 0.210. The molecule has 3 unspecified atom stereocenters. The number of nitrogens with one attached hydrogen (secondary N) is 1. The molecule has 4 aliphatic rings. The summed E-state index contributed by atoms with van der Waals surface area (Å²) in [5.74, 6) is -2.34. The van der Waals surface area contributed by atoms with E-state index in [4.69, 9.17) is 19.3 Å². The van der Waals surface area contributed by atoms with Gasteiger partial charge in [0.25, 0.3) is 0 Å². The van der Waals surface area contributed by atoms with Crippen molar-refractivity contribution in [3.05, 3.63) is 0 Å². The number of halogens is 1. The number of amides is 2. The van der Waals surface area contributed by atoms with Gasteiger partial charge in [0, 0.05) is 44.2 Å². The Morgan fingerprint density at radius 1 is 1.24 bits per heavy atom. The van der Waals surface area contributed by atoms with Crippen LogP contribution in [0.15, 0.2) is 0 Å². The molecular formula is C23H36BrN3O7. The zero-order chi connectivity index (χ0) is 24.3. The van der Waals surface area contributed by atoms with Crippen molar-refractivity contribution in [1.82, 2.24) is 15.1 Å². The van der Waals surface area contributed by atoms with Gasteiger partial charge in [-0.1, -0.05) is 15.9 Å². The third-order valence-electron chi connectivity index (χ3n) is 7.48. The van der Waals surface area contributed by atoms with Crippen LogP contribution in [-0.2, 0) is 28.6 Å². The number of unbranched alkanes of at least 4 members (excludes halogenated alkanes) is 2. The van der Waals surface area contributed by atoms with Gasteiger partial charge in [-0.05, 0) is 32.6 Å². The minimum atomic E-state index is -1.05. The molecule has 2 N–H and O–H groups in total. The standard InChI is InChI=1S/C23H36BrN3O7/c1-2-33-22(31)16-17-21(30)27(7-4-3-5-11-28)19(23(17)14-15(24)18(16)34-23)20(29)25-6-8-26-9-12-32-13-10-26/h15-19,28H,2-14H2,1H3,(H,25,29)/t15?,16-,17-,18-,19?,23?/m0/s1. The first-order chi connectivity index (χ1) is 16.4. The second kappa shape index (κ2) is 11.2. The molecule has 0 radical (unpaired) electrons. The molecule has 0 aromatic carbocycles. The van der Waals surface area contributed by atoms with E-state index in [2.05, 4.69) is 26.1 Å². The number of rotatable bonds is 11. The molecule has 192 valence electrons. The van der Waals surface area contributed by atoms with Gasteiger partial charge in [-0.3, -0.25) is 19.3 Å². The zero-order valence-electron chi connectivity index (χ0n) is 19.7. The van der Waals surface area contributed by atoms with Crippen molar-refractivity contribution in [3.63, 3.8) is 0 Å². The van der Waals surface area contributed by atoms with Gasteiger partial charge in [-0.25, -0.2) is 0 Å². The van der Waals surface area contributed by atoms with Crippen molar-refractivity contribution in [1.29, 1.82) is 0 Å². The number of morpholine rings is 1. The first-order valence-corrected chi connectivity index (χ1v) is 13.3. The number of hydrogen-bond donors (Lipinski definition) is 2. The van der Waals surface area contributed by atoms with Crippen LogP contribution in [0.2, 0.25) is 0 Å². The van der Waals surface area contributed by atoms with E-state index in [1.807, 2.05) is 0 Å². The van der Waals surface area contributed by atoms with Gasteiger partial charge in [0.2, 0.25) is 11.8 Å². The van der Waals surface area contributed by atoms with E-state index in [-0.39, 0.29) is 29.9 Å². The topological polar surface area (TPSA) is 118 Å². The van der Waals surface area contributed by atoms with Crippen molar-refractivity contribution in [2.24, 2.45) is 11.8 Å². The fourth-order valence-corrected chi connectivity index (χ4v) is 6.95. The molecule has 0 aliphatic carbocycles. The van der Waals surface area contributed by atoms with Crippen LogP contribution >= 0.6 is 15.9 Å². The number of ether oxygens (including phenoxy) is 3.